The predicted molar refractivity (Wildman–Crippen MR) is 91.7 cm³/mol. The lowest BCUT2D eigenvalue weighted by molar-refractivity contribution is -0.0436. The molecule has 2 aromatic rings. The lowest BCUT2D eigenvalue weighted by atomic mass is 10.0. The molecule has 0 aliphatic rings. The molecule has 0 amide bonds. The minimum Gasteiger partial charge on any atom is -0.224 e. The van der Waals surface area contributed by atoms with Crippen molar-refractivity contribution in [1.82, 2.24) is 0 Å². The summed E-state index contributed by atoms with van der Waals surface area (Å²) in [6.45, 7) is 1.33. The highest BCUT2D eigenvalue weighted by Crippen LogP contribution is 2.33. The highest BCUT2D eigenvalue weighted by molar-refractivity contribution is 7.92. The Morgan fingerprint density at radius 1 is 0.963 bits per heavy atom. The molecule has 0 saturated carbocycles. The summed E-state index contributed by atoms with van der Waals surface area (Å²) in [7, 11) is -9.27. The van der Waals surface area contributed by atoms with E-state index in [0.717, 1.165) is 24.5 Å². The average Bonchev–Trinajstić information content (AvgIpc) is 2.51. The number of alkyl halides is 3. The molecule has 0 aliphatic carbocycles. The van der Waals surface area contributed by atoms with Crippen molar-refractivity contribution < 1.29 is 34.4 Å². The van der Waals surface area contributed by atoms with Gasteiger partial charge in [0.15, 0.2) is 9.84 Å². The molecule has 148 valence electrons. The van der Waals surface area contributed by atoms with Crippen LogP contribution >= 0.6 is 11.6 Å². The molecule has 27 heavy (non-hydrogen) atoms. The lowest BCUT2D eigenvalue weighted by Gasteiger charge is -2.13. The number of halogens is 5. The molecule has 0 unspecified atom stereocenters. The first-order valence-corrected chi connectivity index (χ1v) is 11.0. The van der Waals surface area contributed by atoms with Crippen molar-refractivity contribution >= 4 is 31.3 Å². The van der Waals surface area contributed by atoms with Gasteiger partial charge < -0.3 is 0 Å². The fraction of sp³-hybridized carbons (Fsp3) is 0.250. The summed E-state index contributed by atoms with van der Waals surface area (Å²) in [5.74, 6) is -0.762. The fourth-order valence-corrected chi connectivity index (χ4v) is 4.09. The van der Waals surface area contributed by atoms with Crippen molar-refractivity contribution in [1.29, 1.82) is 0 Å². The summed E-state index contributed by atoms with van der Waals surface area (Å²) in [4.78, 5) is -1.21. The van der Waals surface area contributed by atoms with Crippen LogP contribution in [-0.4, -0.2) is 28.6 Å². The zero-order chi connectivity index (χ0) is 20.8. The van der Waals surface area contributed by atoms with Crippen LogP contribution in [0.4, 0.5) is 17.6 Å². The molecule has 0 fully saturated rings. The van der Waals surface area contributed by atoms with Gasteiger partial charge >= 0.3 is 5.51 Å². The van der Waals surface area contributed by atoms with Crippen molar-refractivity contribution in [2.24, 2.45) is 0 Å². The smallest absolute Gasteiger partial charge is 0.224 e. The van der Waals surface area contributed by atoms with Gasteiger partial charge in [0.05, 0.1) is 9.79 Å². The first-order chi connectivity index (χ1) is 12.1. The summed E-state index contributed by atoms with van der Waals surface area (Å²) >= 11 is 5.92. The molecule has 0 aromatic heterocycles. The van der Waals surface area contributed by atoms with E-state index in [0.29, 0.717) is 12.1 Å². The van der Waals surface area contributed by atoms with Crippen molar-refractivity contribution in [3.05, 3.63) is 57.9 Å². The van der Waals surface area contributed by atoms with Crippen molar-refractivity contribution in [3.63, 3.8) is 0 Å². The zero-order valence-electron chi connectivity index (χ0n) is 13.9. The number of rotatable bonds is 4. The normalized spacial score (nSPS) is 13.0. The Bertz CT molecular complexity index is 1110. The number of benzene rings is 2. The third kappa shape index (κ3) is 4.44. The van der Waals surface area contributed by atoms with Crippen LogP contribution < -0.4 is 0 Å². The van der Waals surface area contributed by atoms with Crippen LogP contribution in [-0.2, 0) is 26.1 Å². The van der Waals surface area contributed by atoms with E-state index in [1.54, 1.807) is 0 Å². The molecule has 0 bridgehead atoms. The van der Waals surface area contributed by atoms with Crippen LogP contribution in [0.5, 0.6) is 0 Å². The van der Waals surface area contributed by atoms with Gasteiger partial charge in [-0.05, 0) is 53.9 Å². The Morgan fingerprint density at radius 2 is 1.52 bits per heavy atom. The number of hydrogen-bond acceptors (Lipinski definition) is 4. The lowest BCUT2D eigenvalue weighted by Crippen LogP contribution is -2.23. The Balaban J connectivity index is 2.60. The molecule has 11 heteroatoms. The minimum absolute atomic E-state index is 0.0168. The molecule has 4 nitrogen and oxygen atoms in total. The van der Waals surface area contributed by atoms with E-state index in [9.17, 15) is 34.4 Å². The third-order valence-electron chi connectivity index (χ3n) is 3.74. The fourth-order valence-electron chi connectivity index (χ4n) is 2.34. The minimum atomic E-state index is -5.61. The van der Waals surface area contributed by atoms with E-state index < -0.39 is 42.3 Å². The van der Waals surface area contributed by atoms with Gasteiger partial charge in [0.2, 0.25) is 0 Å². The average molecular weight is 445 g/mol. The zero-order valence-corrected chi connectivity index (χ0v) is 16.3. The van der Waals surface area contributed by atoms with Gasteiger partial charge in [0, 0.05) is 17.7 Å². The molecule has 0 heterocycles. The van der Waals surface area contributed by atoms with E-state index in [4.69, 9.17) is 11.6 Å². The van der Waals surface area contributed by atoms with E-state index >= 15 is 0 Å². The summed E-state index contributed by atoms with van der Waals surface area (Å²) < 4.78 is 99.1. The molecule has 2 rings (SSSR count). The van der Waals surface area contributed by atoms with E-state index in [1.807, 2.05) is 0 Å². The van der Waals surface area contributed by atoms with Gasteiger partial charge in [-0.2, -0.15) is 13.2 Å². The van der Waals surface area contributed by atoms with Crippen molar-refractivity contribution in [3.8, 4) is 0 Å². The van der Waals surface area contributed by atoms with E-state index in [-0.39, 0.29) is 26.6 Å². The van der Waals surface area contributed by atoms with Crippen LogP contribution in [0.25, 0.3) is 0 Å². The highest BCUT2D eigenvalue weighted by atomic mass is 35.5. The van der Waals surface area contributed by atoms with Gasteiger partial charge in [-0.25, -0.2) is 21.2 Å². The Morgan fingerprint density at radius 3 is 2.04 bits per heavy atom. The van der Waals surface area contributed by atoms with Crippen LogP contribution in [0.2, 0.25) is 5.02 Å². The van der Waals surface area contributed by atoms with E-state index in [1.165, 1.54) is 6.92 Å². The molecule has 0 aliphatic heterocycles. The molecule has 0 atom stereocenters. The third-order valence-corrected chi connectivity index (χ3v) is 6.69. The number of aryl methyl sites for hydroxylation is 1. The molecule has 0 saturated heterocycles. The molecule has 0 spiro atoms. The Labute approximate surface area is 158 Å². The van der Waals surface area contributed by atoms with Gasteiger partial charge in [-0.15, -0.1) is 0 Å². The molecule has 0 radical (unpaired) electrons. The monoisotopic (exact) mass is 444 g/mol. The maximum absolute atomic E-state index is 14.4. The van der Waals surface area contributed by atoms with Crippen LogP contribution in [0, 0.1) is 12.7 Å². The summed E-state index contributed by atoms with van der Waals surface area (Å²) in [5, 5.41) is -0.0852. The molecule has 0 N–H and O–H groups in total. The largest absolute Gasteiger partial charge is 0.501 e. The van der Waals surface area contributed by atoms with Crippen LogP contribution in [0.15, 0.2) is 40.1 Å². The topological polar surface area (TPSA) is 68.3 Å². The Hall–Kier alpha value is -1.65. The first kappa shape index (κ1) is 21.6. The van der Waals surface area contributed by atoms with E-state index in [2.05, 4.69) is 0 Å². The van der Waals surface area contributed by atoms with Gasteiger partial charge in [0.25, 0.3) is 9.84 Å². The van der Waals surface area contributed by atoms with Crippen LogP contribution in [0.1, 0.15) is 16.7 Å². The van der Waals surface area contributed by atoms with Crippen LogP contribution in [0.3, 0.4) is 0 Å². The SMILES string of the molecule is Cc1cc(S(C)(=O)=O)cc(Cc2cc(S(=O)(=O)C(F)(F)F)ccc2Cl)c1F. The molecular weight excluding hydrogens is 432 g/mol. The molecule has 2 aromatic carbocycles. The second-order valence-electron chi connectivity index (χ2n) is 5.86. The quantitative estimate of drug-likeness (QED) is 0.526. The maximum Gasteiger partial charge on any atom is 0.501 e. The summed E-state index contributed by atoms with van der Waals surface area (Å²) in [6.07, 6.45) is 0.531. The predicted octanol–water partition coefficient (Wildman–Crippen LogP) is 4.08. The number of hydrogen-bond donors (Lipinski definition) is 0. The Kier molecular flexibility index (Phi) is 5.66. The number of sulfone groups is 2. The second-order valence-corrected chi connectivity index (χ2v) is 10.2. The first-order valence-electron chi connectivity index (χ1n) is 7.23. The van der Waals surface area contributed by atoms with Gasteiger partial charge in [0.1, 0.15) is 5.82 Å². The van der Waals surface area contributed by atoms with Gasteiger partial charge in [-0.3, -0.25) is 0 Å². The second kappa shape index (κ2) is 7.06. The highest BCUT2D eigenvalue weighted by Gasteiger charge is 2.47. The van der Waals surface area contributed by atoms with Crippen molar-refractivity contribution in [2.75, 3.05) is 6.26 Å². The maximum atomic E-state index is 14.4. The van der Waals surface area contributed by atoms with Gasteiger partial charge in [-0.1, -0.05) is 11.6 Å². The molecular formula is C16H13ClF4O4S2. The summed E-state index contributed by atoms with van der Waals surface area (Å²) in [6, 6.07) is 4.52. The standard InChI is InChI=1S/C16H13ClF4O4S2/c1-9-5-13(26(2,22)23)8-11(15(9)18)6-10-7-12(3-4-14(10)17)27(24,25)16(19,20)21/h3-5,7-8H,6H2,1-2H3. The van der Waals surface area contributed by atoms with Crippen molar-refractivity contribution in [2.45, 2.75) is 28.6 Å². The summed E-state index contributed by atoms with van der Waals surface area (Å²) in [5.41, 5.74) is -5.72.